The van der Waals surface area contributed by atoms with E-state index in [4.69, 9.17) is 15.0 Å². The lowest BCUT2D eigenvalue weighted by Crippen LogP contribution is -2.04. The molecule has 0 aliphatic heterocycles. The van der Waals surface area contributed by atoms with Crippen molar-refractivity contribution in [1.82, 2.24) is 19.5 Å². The zero-order chi connectivity index (χ0) is 41.0. The molecule has 0 radical (unpaired) electrons. The van der Waals surface area contributed by atoms with E-state index in [0.29, 0.717) is 17.5 Å². The molecule has 0 saturated carbocycles. The third kappa shape index (κ3) is 6.09. The van der Waals surface area contributed by atoms with Crippen molar-refractivity contribution in [2.24, 2.45) is 0 Å². The Kier molecular flexibility index (Phi) is 8.65. The van der Waals surface area contributed by atoms with Gasteiger partial charge in [0.25, 0.3) is 0 Å². The van der Waals surface area contributed by atoms with Crippen molar-refractivity contribution >= 4 is 53.3 Å². The van der Waals surface area contributed by atoms with E-state index in [1.54, 1.807) is 0 Å². The molecule has 0 unspecified atom stereocenters. The van der Waals surface area contributed by atoms with Crippen molar-refractivity contribution in [2.45, 2.75) is 0 Å². The van der Waals surface area contributed by atoms with Gasteiger partial charge in [0.05, 0.1) is 16.7 Å². The number of hydrogen-bond donors (Lipinski definition) is 0. The Balaban J connectivity index is 1.12. The minimum absolute atomic E-state index is 0.602. The van der Waals surface area contributed by atoms with Crippen LogP contribution in [0.25, 0.3) is 115 Å². The van der Waals surface area contributed by atoms with E-state index in [1.807, 2.05) is 29.5 Å². The van der Waals surface area contributed by atoms with Crippen LogP contribution in [0.5, 0.6) is 0 Å². The third-order valence-electron chi connectivity index (χ3n) is 11.9. The second-order valence-corrected chi connectivity index (χ2v) is 16.6. The summed E-state index contributed by atoms with van der Waals surface area (Å²) in [4.78, 5) is 16.0. The van der Waals surface area contributed by atoms with Gasteiger partial charge in [-0.1, -0.05) is 182 Å². The van der Waals surface area contributed by atoms with Crippen LogP contribution in [0.15, 0.2) is 218 Å². The number of para-hydroxylation sites is 2. The number of fused-ring (bicyclic) bond motifs is 6. The number of aromatic nitrogens is 4. The van der Waals surface area contributed by atoms with Crippen molar-refractivity contribution in [2.75, 3.05) is 0 Å². The molecule has 4 nitrogen and oxygen atoms in total. The van der Waals surface area contributed by atoms with Gasteiger partial charge in [-0.2, -0.15) is 0 Å². The Morgan fingerprint density at radius 1 is 0.306 bits per heavy atom. The van der Waals surface area contributed by atoms with Crippen LogP contribution in [-0.4, -0.2) is 19.5 Å². The SMILES string of the molecule is c1ccc(-c2ccc(-c3nc(-c4ccccc4)nc(-c4ccc(-c5ccccc5)c(-c5cccc6c5sc5ccccc56)c4)n3)c(-n3c4ccccc4c4ccccc43)c2)cc1. The van der Waals surface area contributed by atoms with Gasteiger partial charge in [0, 0.05) is 53.2 Å². The average molecular weight is 809 g/mol. The third-order valence-corrected chi connectivity index (χ3v) is 13.1. The molecule has 0 saturated heterocycles. The second-order valence-electron chi connectivity index (χ2n) is 15.5. The van der Waals surface area contributed by atoms with Gasteiger partial charge < -0.3 is 4.57 Å². The molecular weight excluding hydrogens is 773 g/mol. The molecule has 9 aromatic carbocycles. The molecule has 0 spiro atoms. The lowest BCUT2D eigenvalue weighted by Gasteiger charge is -2.17. The van der Waals surface area contributed by atoms with Crippen LogP contribution in [0.4, 0.5) is 0 Å². The Hall–Kier alpha value is -7.99. The summed E-state index contributed by atoms with van der Waals surface area (Å²) in [6, 6.07) is 77.4. The lowest BCUT2D eigenvalue weighted by atomic mass is 9.92. The van der Waals surface area contributed by atoms with Gasteiger partial charge in [0.2, 0.25) is 0 Å². The molecule has 0 atom stereocenters. The molecule has 5 heteroatoms. The fraction of sp³-hybridized carbons (Fsp3) is 0. The van der Waals surface area contributed by atoms with Crippen LogP contribution < -0.4 is 0 Å². The predicted octanol–water partition coefficient (Wildman–Crippen LogP) is 15.3. The van der Waals surface area contributed by atoms with E-state index in [1.165, 1.54) is 36.5 Å². The first-order valence-corrected chi connectivity index (χ1v) is 21.7. The largest absolute Gasteiger partial charge is 0.308 e. The molecule has 0 bridgehead atoms. The zero-order valence-corrected chi connectivity index (χ0v) is 34.3. The van der Waals surface area contributed by atoms with Crippen molar-refractivity contribution < 1.29 is 0 Å². The molecular formula is C57H36N4S. The molecule has 0 N–H and O–H groups in total. The summed E-state index contributed by atoms with van der Waals surface area (Å²) in [6.07, 6.45) is 0. The van der Waals surface area contributed by atoms with Crippen molar-refractivity contribution in [3.63, 3.8) is 0 Å². The molecule has 0 amide bonds. The first-order chi connectivity index (χ1) is 30.7. The van der Waals surface area contributed by atoms with Gasteiger partial charge in [0.15, 0.2) is 17.5 Å². The molecule has 0 aliphatic rings. The maximum absolute atomic E-state index is 5.43. The maximum atomic E-state index is 5.43. The van der Waals surface area contributed by atoms with Crippen molar-refractivity contribution in [1.29, 1.82) is 0 Å². The highest BCUT2D eigenvalue weighted by atomic mass is 32.1. The topological polar surface area (TPSA) is 43.6 Å². The number of nitrogens with zero attached hydrogens (tertiary/aromatic N) is 4. The molecule has 62 heavy (non-hydrogen) atoms. The van der Waals surface area contributed by atoms with E-state index in [-0.39, 0.29) is 0 Å². The Bertz CT molecular complexity index is 3580. The summed E-state index contributed by atoms with van der Waals surface area (Å²) in [5.41, 5.74) is 12.9. The fourth-order valence-electron chi connectivity index (χ4n) is 8.97. The first-order valence-electron chi connectivity index (χ1n) is 20.9. The van der Waals surface area contributed by atoms with E-state index < -0.39 is 0 Å². The smallest absolute Gasteiger partial charge is 0.166 e. The van der Waals surface area contributed by atoms with E-state index >= 15 is 0 Å². The summed E-state index contributed by atoms with van der Waals surface area (Å²) in [5, 5.41) is 4.93. The van der Waals surface area contributed by atoms with Gasteiger partial charge in [0.1, 0.15) is 0 Å². The predicted molar refractivity (Wildman–Crippen MR) is 260 cm³/mol. The molecule has 0 aliphatic carbocycles. The molecule has 12 aromatic rings. The molecule has 0 fully saturated rings. The highest BCUT2D eigenvalue weighted by Gasteiger charge is 2.22. The lowest BCUT2D eigenvalue weighted by molar-refractivity contribution is 1.06. The number of benzene rings is 9. The van der Waals surface area contributed by atoms with Crippen LogP contribution in [0, 0.1) is 0 Å². The molecule has 290 valence electrons. The van der Waals surface area contributed by atoms with Crippen LogP contribution in [-0.2, 0) is 0 Å². The standard InChI is InChI=1S/C57H36N4S/c1-4-17-37(18-5-1)40-31-34-48(52(36-40)61-50-28-13-10-23-43(50)44-24-11-14-29-51(44)61)57-59-55(39-21-8-3-9-22-39)58-56(60-57)41-32-33-42(38-19-6-2-7-20-38)49(35-41)47-27-16-26-46-45-25-12-15-30-53(45)62-54(46)47/h1-36H. The summed E-state index contributed by atoms with van der Waals surface area (Å²) >= 11 is 1.85. The highest BCUT2D eigenvalue weighted by Crippen LogP contribution is 2.44. The normalized spacial score (nSPS) is 11.5. The quantitative estimate of drug-likeness (QED) is 0.161. The Morgan fingerprint density at radius 2 is 0.839 bits per heavy atom. The van der Waals surface area contributed by atoms with E-state index in [0.717, 1.165) is 61.2 Å². The van der Waals surface area contributed by atoms with Crippen LogP contribution in [0.3, 0.4) is 0 Å². The van der Waals surface area contributed by atoms with Crippen LogP contribution in [0.1, 0.15) is 0 Å². The van der Waals surface area contributed by atoms with Gasteiger partial charge >= 0.3 is 0 Å². The monoisotopic (exact) mass is 808 g/mol. The molecule has 3 heterocycles. The van der Waals surface area contributed by atoms with E-state index in [9.17, 15) is 0 Å². The fourth-order valence-corrected chi connectivity index (χ4v) is 10.2. The minimum atomic E-state index is 0.602. The summed E-state index contributed by atoms with van der Waals surface area (Å²) in [5.74, 6) is 1.83. The Labute approximate surface area is 362 Å². The summed E-state index contributed by atoms with van der Waals surface area (Å²) in [7, 11) is 0. The number of thiophene rings is 1. The number of rotatable bonds is 7. The van der Waals surface area contributed by atoms with Gasteiger partial charge in [-0.3, -0.25) is 0 Å². The minimum Gasteiger partial charge on any atom is -0.308 e. The average Bonchev–Trinajstić information content (AvgIpc) is 3.90. The summed E-state index contributed by atoms with van der Waals surface area (Å²) < 4.78 is 4.91. The number of hydrogen-bond acceptors (Lipinski definition) is 4. The molecule has 12 rings (SSSR count). The van der Waals surface area contributed by atoms with Crippen LogP contribution >= 0.6 is 11.3 Å². The van der Waals surface area contributed by atoms with Gasteiger partial charge in [-0.25, -0.2) is 15.0 Å². The second kappa shape index (κ2) is 14.9. The maximum Gasteiger partial charge on any atom is 0.166 e. The summed E-state index contributed by atoms with van der Waals surface area (Å²) in [6.45, 7) is 0. The zero-order valence-electron chi connectivity index (χ0n) is 33.5. The van der Waals surface area contributed by atoms with Crippen LogP contribution in [0.2, 0.25) is 0 Å². The van der Waals surface area contributed by atoms with E-state index in [2.05, 4.69) is 205 Å². The Morgan fingerprint density at radius 3 is 1.55 bits per heavy atom. The van der Waals surface area contributed by atoms with Crippen molar-refractivity contribution in [3.8, 4) is 73.2 Å². The van der Waals surface area contributed by atoms with Gasteiger partial charge in [-0.05, 0) is 64.2 Å². The van der Waals surface area contributed by atoms with Gasteiger partial charge in [-0.15, -0.1) is 11.3 Å². The van der Waals surface area contributed by atoms with Crippen molar-refractivity contribution in [3.05, 3.63) is 218 Å². The highest BCUT2D eigenvalue weighted by molar-refractivity contribution is 7.26. The first kappa shape index (κ1) is 35.9. The molecule has 3 aromatic heterocycles.